The van der Waals surface area contributed by atoms with Crippen LogP contribution in [-0.4, -0.2) is 63.2 Å². The molecule has 0 saturated carbocycles. The fourth-order valence-electron chi connectivity index (χ4n) is 3.83. The third-order valence-corrected chi connectivity index (χ3v) is 6.23. The van der Waals surface area contributed by atoms with Crippen LogP contribution < -0.4 is 5.48 Å². The van der Waals surface area contributed by atoms with Crippen molar-refractivity contribution in [2.24, 2.45) is 5.16 Å². The highest BCUT2D eigenvalue weighted by Crippen LogP contribution is 2.30. The summed E-state index contributed by atoms with van der Waals surface area (Å²) in [5, 5.41) is 4.61. The molecule has 37 heavy (non-hydrogen) atoms. The van der Waals surface area contributed by atoms with Crippen LogP contribution in [0.15, 0.2) is 23.4 Å². The molecule has 1 aliphatic rings. The van der Waals surface area contributed by atoms with Crippen LogP contribution >= 0.6 is 11.6 Å². The first-order valence-electron chi connectivity index (χ1n) is 12.0. The van der Waals surface area contributed by atoms with E-state index >= 15 is 0 Å². The minimum absolute atomic E-state index is 0.159. The number of esters is 3. The van der Waals surface area contributed by atoms with Gasteiger partial charge in [0.15, 0.2) is 6.61 Å². The Morgan fingerprint density at radius 2 is 1.84 bits per heavy atom. The number of ether oxygens (including phenoxy) is 3. The Morgan fingerprint density at radius 3 is 2.54 bits per heavy atom. The Bertz CT molecular complexity index is 1020. The van der Waals surface area contributed by atoms with Crippen LogP contribution in [0.4, 0.5) is 0 Å². The number of carbonyl (C=O) groups is 3. The van der Waals surface area contributed by atoms with E-state index in [4.69, 9.17) is 26.0 Å². The number of hydrogen-bond acceptors (Lipinski definition) is 10. The van der Waals surface area contributed by atoms with Gasteiger partial charge in [-0.25, -0.2) is 14.4 Å². The van der Waals surface area contributed by atoms with E-state index in [2.05, 4.69) is 20.1 Å². The van der Waals surface area contributed by atoms with Gasteiger partial charge in [0.1, 0.15) is 6.10 Å². The molecule has 10 nitrogen and oxygen atoms in total. The third kappa shape index (κ3) is 9.79. The van der Waals surface area contributed by atoms with E-state index in [1.165, 1.54) is 14.2 Å². The van der Waals surface area contributed by atoms with Crippen molar-refractivity contribution >= 4 is 35.2 Å². The largest absolute Gasteiger partial charge is 0.467 e. The number of fused-ring (bicyclic) bond motifs is 1. The normalized spacial score (nSPS) is 20.8. The van der Waals surface area contributed by atoms with Gasteiger partial charge in [-0.1, -0.05) is 35.0 Å². The van der Waals surface area contributed by atoms with Crippen LogP contribution in [0.25, 0.3) is 0 Å². The molecule has 11 heteroatoms. The summed E-state index contributed by atoms with van der Waals surface area (Å²) in [5.74, 6) is -1.59. The molecule has 1 heterocycles. The third-order valence-electron chi connectivity index (χ3n) is 5.70. The molecule has 2 rings (SSSR count). The summed E-state index contributed by atoms with van der Waals surface area (Å²) in [6.07, 6.45) is 5.96. The lowest BCUT2D eigenvalue weighted by Gasteiger charge is -2.22. The molecule has 1 aromatic carbocycles. The number of hydrogen-bond donors (Lipinski definition) is 1. The topological polar surface area (TPSA) is 122 Å². The van der Waals surface area contributed by atoms with Crippen molar-refractivity contribution in [2.75, 3.05) is 27.4 Å². The lowest BCUT2D eigenvalue weighted by Crippen LogP contribution is -2.34. The monoisotopic (exact) mass is 538 g/mol. The molecule has 0 amide bonds. The van der Waals surface area contributed by atoms with Crippen LogP contribution in [0.5, 0.6) is 0 Å². The number of rotatable bonds is 7. The molecule has 0 aliphatic carbocycles. The molecule has 0 aromatic heterocycles. The zero-order chi connectivity index (χ0) is 27.4. The zero-order valence-corrected chi connectivity index (χ0v) is 22.7. The number of hydroxylamine groups is 1. The maximum atomic E-state index is 13.2. The van der Waals surface area contributed by atoms with Crippen molar-refractivity contribution in [3.63, 3.8) is 0 Å². The molecule has 2 unspecified atom stereocenters. The summed E-state index contributed by atoms with van der Waals surface area (Å²) in [5.41, 5.74) is 5.85. The molecular formula is C26H35ClN2O8. The first kappa shape index (κ1) is 30.3. The number of nitrogens with zero attached hydrogens (tertiary/aromatic N) is 1. The van der Waals surface area contributed by atoms with Gasteiger partial charge in [0.05, 0.1) is 25.5 Å². The Morgan fingerprint density at radius 1 is 1.14 bits per heavy atom. The zero-order valence-electron chi connectivity index (χ0n) is 21.9. The lowest BCUT2D eigenvalue weighted by molar-refractivity contribution is -0.149. The fourth-order valence-corrected chi connectivity index (χ4v) is 4.05. The van der Waals surface area contributed by atoms with Gasteiger partial charge in [-0.15, -0.1) is 0 Å². The Labute approximate surface area is 222 Å². The van der Waals surface area contributed by atoms with Crippen molar-refractivity contribution in [3.8, 4) is 0 Å². The highest BCUT2D eigenvalue weighted by atomic mass is 35.5. The second-order valence-electron chi connectivity index (χ2n) is 8.75. The summed E-state index contributed by atoms with van der Waals surface area (Å²) in [6, 6.07) is 1.56. The summed E-state index contributed by atoms with van der Waals surface area (Å²) in [6.45, 7) is 4.86. The summed E-state index contributed by atoms with van der Waals surface area (Å²) < 4.78 is 14.9. The predicted octanol–water partition coefficient (Wildman–Crippen LogP) is 3.78. The summed E-state index contributed by atoms with van der Waals surface area (Å²) >= 11 is 6.70. The molecule has 1 N–H and O–H groups in total. The van der Waals surface area contributed by atoms with Crippen molar-refractivity contribution < 1.29 is 38.3 Å². The van der Waals surface area contributed by atoms with Crippen LogP contribution in [0.3, 0.4) is 0 Å². The van der Waals surface area contributed by atoms with Crippen LogP contribution in [-0.2, 0) is 39.9 Å². The number of methoxy groups -OCH3 is 2. The maximum Gasteiger partial charge on any atom is 0.346 e. The quantitative estimate of drug-likeness (QED) is 0.239. The lowest BCUT2D eigenvalue weighted by atomic mass is 9.92. The van der Waals surface area contributed by atoms with Gasteiger partial charge in [0.25, 0.3) is 0 Å². The van der Waals surface area contributed by atoms with Crippen molar-refractivity contribution in [2.45, 2.75) is 65.0 Å². The number of halogens is 1. The first-order valence-corrected chi connectivity index (χ1v) is 12.4. The Kier molecular flexibility index (Phi) is 12.5. The van der Waals surface area contributed by atoms with Crippen LogP contribution in [0.1, 0.15) is 59.7 Å². The average Bonchev–Trinajstić information content (AvgIpc) is 2.85. The second-order valence-corrected chi connectivity index (χ2v) is 9.12. The van der Waals surface area contributed by atoms with Crippen molar-refractivity contribution in [1.29, 1.82) is 0 Å². The predicted molar refractivity (Wildman–Crippen MR) is 137 cm³/mol. The molecule has 0 fully saturated rings. The molecule has 1 aromatic rings. The van der Waals surface area contributed by atoms with Gasteiger partial charge in [-0.3, -0.25) is 4.84 Å². The number of allylic oxidation sites excluding steroid dienone is 1. The number of nitrogens with one attached hydrogen (secondary N) is 1. The summed E-state index contributed by atoms with van der Waals surface area (Å²) in [7, 11) is 2.53. The highest BCUT2D eigenvalue weighted by molar-refractivity contribution is 6.33. The maximum absolute atomic E-state index is 13.2. The van der Waals surface area contributed by atoms with Gasteiger partial charge >= 0.3 is 17.9 Å². The van der Waals surface area contributed by atoms with Crippen LogP contribution in [0, 0.1) is 13.8 Å². The standard InChI is InChI=1S/C26H35ClN2O8/c1-16-11-17(2)25(27)21-13-20(29-36-15-23(31)34-5)12-19(28-35-14-22(30)33-4)10-8-6-7-9-18(3)37-26(32)24(16)21/h6-7,11,18-19,28H,8-10,12-15H2,1-5H3/b7-6+,29-20+. The molecule has 2 atom stereocenters. The van der Waals surface area contributed by atoms with Crippen molar-refractivity contribution in [3.05, 3.63) is 45.5 Å². The molecule has 0 radical (unpaired) electrons. The smallest absolute Gasteiger partial charge is 0.346 e. The molecule has 0 bridgehead atoms. The van der Waals surface area contributed by atoms with Gasteiger partial charge in [0, 0.05) is 30.3 Å². The number of aryl methyl sites for hydroxylation is 2. The van der Waals surface area contributed by atoms with Gasteiger partial charge in [-0.2, -0.15) is 5.48 Å². The number of benzene rings is 1. The SMILES string of the molecule is COC(=O)CO/N=C1/Cc2c(Cl)c(C)cc(C)c2C(=O)OC(C)C/C=C/CCC(NOCC(=O)OC)C1. The fraction of sp³-hybridized carbons (Fsp3) is 0.538. The van der Waals surface area contributed by atoms with E-state index in [0.29, 0.717) is 47.5 Å². The highest BCUT2D eigenvalue weighted by Gasteiger charge is 2.25. The first-order chi connectivity index (χ1) is 17.7. The number of oxime groups is 1. The number of cyclic esters (lactones) is 1. The minimum Gasteiger partial charge on any atom is -0.467 e. The van der Waals surface area contributed by atoms with Crippen LogP contribution in [0.2, 0.25) is 5.02 Å². The molecule has 0 spiro atoms. The minimum atomic E-state index is -0.589. The Balaban J connectivity index is 2.48. The van der Waals surface area contributed by atoms with E-state index in [9.17, 15) is 14.4 Å². The second kappa shape index (κ2) is 15.3. The van der Waals surface area contributed by atoms with Gasteiger partial charge in [-0.05, 0) is 50.3 Å². The number of carbonyl (C=O) groups excluding carboxylic acids is 3. The van der Waals surface area contributed by atoms with Crippen molar-refractivity contribution in [1.82, 2.24) is 5.48 Å². The molecule has 1 aliphatic heterocycles. The van der Waals surface area contributed by atoms with E-state index in [0.717, 1.165) is 11.1 Å². The van der Waals surface area contributed by atoms with E-state index in [1.54, 1.807) is 0 Å². The average molecular weight is 539 g/mol. The van der Waals surface area contributed by atoms with E-state index < -0.39 is 17.9 Å². The molecule has 204 valence electrons. The molecular weight excluding hydrogens is 504 g/mol. The Hall–Kier alpha value is -2.95. The van der Waals surface area contributed by atoms with E-state index in [1.807, 2.05) is 39.0 Å². The van der Waals surface area contributed by atoms with Gasteiger partial charge < -0.3 is 19.0 Å². The van der Waals surface area contributed by atoms with Gasteiger partial charge in [0.2, 0.25) is 6.61 Å². The molecule has 0 saturated heterocycles. The van der Waals surface area contributed by atoms with E-state index in [-0.39, 0.29) is 31.8 Å². The summed E-state index contributed by atoms with van der Waals surface area (Å²) in [4.78, 5) is 46.9.